The van der Waals surface area contributed by atoms with Crippen LogP contribution in [0.25, 0.3) is 0 Å². The molecule has 2 aromatic rings. The van der Waals surface area contributed by atoms with Gasteiger partial charge in [0.1, 0.15) is 0 Å². The molecule has 0 saturated heterocycles. The Morgan fingerprint density at radius 3 is 2.52 bits per heavy atom. The Labute approximate surface area is 128 Å². The summed E-state index contributed by atoms with van der Waals surface area (Å²) < 4.78 is 18.7. The molecule has 0 saturated carbocycles. The Kier molecular flexibility index (Phi) is 5.59. The van der Waals surface area contributed by atoms with Gasteiger partial charge >= 0.3 is 0 Å². The average molecular weight is 304 g/mol. The maximum Gasteiger partial charge on any atom is 0.165 e. The highest BCUT2D eigenvalue weighted by atomic mass is 35.5. The van der Waals surface area contributed by atoms with E-state index in [1.807, 2.05) is 12.1 Å². The summed E-state index contributed by atoms with van der Waals surface area (Å²) in [7, 11) is 0. The van der Waals surface area contributed by atoms with Crippen molar-refractivity contribution in [1.82, 2.24) is 0 Å². The van der Waals surface area contributed by atoms with Gasteiger partial charge in [-0.15, -0.1) is 0 Å². The van der Waals surface area contributed by atoms with Gasteiger partial charge in [-0.1, -0.05) is 35.9 Å². The lowest BCUT2D eigenvalue weighted by Crippen LogP contribution is -2.03. The summed E-state index contributed by atoms with van der Waals surface area (Å²) in [6.45, 7) is 0.382. The second kappa shape index (κ2) is 7.66. The maximum atomic E-state index is 13.4. The molecule has 0 aromatic heterocycles. The molecular weight excluding hydrogens is 289 g/mol. The molecule has 0 amide bonds. The van der Waals surface area contributed by atoms with Crippen LogP contribution >= 0.6 is 11.6 Å². The lowest BCUT2D eigenvalue weighted by molar-refractivity contribution is 0.290. The monoisotopic (exact) mass is 303 g/mol. The van der Waals surface area contributed by atoms with E-state index >= 15 is 0 Å². The number of halogens is 2. The molecule has 0 aliphatic carbocycles. The van der Waals surface area contributed by atoms with E-state index in [2.05, 4.69) is 6.07 Å². The van der Waals surface area contributed by atoms with E-state index in [1.54, 1.807) is 30.3 Å². The normalized spacial score (nSPS) is 11.7. The van der Waals surface area contributed by atoms with E-state index in [0.717, 1.165) is 5.56 Å². The van der Waals surface area contributed by atoms with Crippen LogP contribution < -0.4 is 4.74 Å². The molecule has 21 heavy (non-hydrogen) atoms. The standard InChI is InChI=1S/C17H15ClFNO/c18-15-9-7-13(8-10-15)14(12-20)4-3-11-21-17-6-2-1-5-16(17)19/h1-2,5-10,14H,3-4,11H2. The zero-order chi connectivity index (χ0) is 15.1. The van der Waals surface area contributed by atoms with Gasteiger partial charge in [0.15, 0.2) is 11.6 Å². The van der Waals surface area contributed by atoms with Gasteiger partial charge in [0.05, 0.1) is 18.6 Å². The molecule has 0 fully saturated rings. The molecule has 2 aromatic carbocycles. The molecule has 0 aliphatic rings. The molecule has 2 nitrogen and oxygen atoms in total. The Morgan fingerprint density at radius 2 is 1.86 bits per heavy atom. The molecule has 1 unspecified atom stereocenters. The van der Waals surface area contributed by atoms with E-state index in [0.29, 0.717) is 24.5 Å². The second-order valence-corrected chi connectivity index (χ2v) is 5.09. The van der Waals surface area contributed by atoms with Gasteiger partial charge in [-0.3, -0.25) is 0 Å². The average Bonchev–Trinajstić information content (AvgIpc) is 2.50. The van der Waals surface area contributed by atoms with Crippen LogP contribution in [-0.2, 0) is 0 Å². The highest BCUT2D eigenvalue weighted by Gasteiger charge is 2.10. The second-order valence-electron chi connectivity index (χ2n) is 4.65. The van der Waals surface area contributed by atoms with Gasteiger partial charge in [0, 0.05) is 5.02 Å². The zero-order valence-corrected chi connectivity index (χ0v) is 12.2. The largest absolute Gasteiger partial charge is 0.491 e. The summed E-state index contributed by atoms with van der Waals surface area (Å²) in [6.07, 6.45) is 1.34. The van der Waals surface area contributed by atoms with Gasteiger partial charge in [-0.2, -0.15) is 5.26 Å². The zero-order valence-electron chi connectivity index (χ0n) is 11.4. The lowest BCUT2D eigenvalue weighted by Gasteiger charge is -2.11. The summed E-state index contributed by atoms with van der Waals surface area (Å²) in [6, 6.07) is 15.8. The molecule has 0 spiro atoms. The van der Waals surface area contributed by atoms with Crippen molar-refractivity contribution in [3.8, 4) is 11.8 Å². The fraction of sp³-hybridized carbons (Fsp3) is 0.235. The Balaban J connectivity index is 1.83. The summed E-state index contributed by atoms with van der Waals surface area (Å²) in [5.41, 5.74) is 0.938. The predicted molar refractivity (Wildman–Crippen MR) is 80.9 cm³/mol. The van der Waals surface area contributed by atoms with E-state index in [-0.39, 0.29) is 17.5 Å². The molecule has 0 aliphatic heterocycles. The van der Waals surface area contributed by atoms with Gasteiger partial charge < -0.3 is 4.74 Å². The first kappa shape index (κ1) is 15.3. The molecule has 0 N–H and O–H groups in total. The topological polar surface area (TPSA) is 33.0 Å². The number of nitriles is 1. The number of hydrogen-bond donors (Lipinski definition) is 0. The summed E-state index contributed by atoms with van der Waals surface area (Å²) in [5.74, 6) is -0.323. The van der Waals surface area contributed by atoms with Crippen molar-refractivity contribution in [3.63, 3.8) is 0 Å². The van der Waals surface area contributed by atoms with Crippen LogP contribution in [-0.4, -0.2) is 6.61 Å². The smallest absolute Gasteiger partial charge is 0.165 e. The Morgan fingerprint density at radius 1 is 1.14 bits per heavy atom. The van der Waals surface area contributed by atoms with Crippen molar-refractivity contribution in [3.05, 3.63) is 64.9 Å². The van der Waals surface area contributed by atoms with E-state index < -0.39 is 0 Å². The maximum absolute atomic E-state index is 13.4. The molecule has 4 heteroatoms. The van der Waals surface area contributed by atoms with Gasteiger partial charge in [0.2, 0.25) is 0 Å². The molecule has 1 atom stereocenters. The fourth-order valence-electron chi connectivity index (χ4n) is 2.03. The minimum absolute atomic E-state index is 0.202. The number of ether oxygens (including phenoxy) is 1. The van der Waals surface area contributed by atoms with Crippen molar-refractivity contribution >= 4 is 11.6 Å². The predicted octanol–water partition coefficient (Wildman–Crippen LogP) is 4.95. The number of para-hydroxylation sites is 1. The number of nitrogens with zero attached hydrogens (tertiary/aromatic N) is 1. The molecule has 0 heterocycles. The highest BCUT2D eigenvalue weighted by molar-refractivity contribution is 6.30. The van der Waals surface area contributed by atoms with Crippen LogP contribution in [0.3, 0.4) is 0 Å². The first-order valence-electron chi connectivity index (χ1n) is 6.73. The van der Waals surface area contributed by atoms with Crippen molar-refractivity contribution in [2.24, 2.45) is 0 Å². The Bertz CT molecular complexity index is 621. The van der Waals surface area contributed by atoms with Crippen LogP contribution in [0.1, 0.15) is 24.3 Å². The quantitative estimate of drug-likeness (QED) is 0.708. The summed E-state index contributed by atoms with van der Waals surface area (Å²) >= 11 is 5.83. The van der Waals surface area contributed by atoms with Crippen LogP contribution in [0.15, 0.2) is 48.5 Å². The minimum atomic E-state index is -0.368. The fourth-order valence-corrected chi connectivity index (χ4v) is 2.16. The van der Waals surface area contributed by atoms with Gasteiger partial charge in [-0.05, 0) is 42.7 Å². The third-order valence-electron chi connectivity index (χ3n) is 3.16. The van der Waals surface area contributed by atoms with Crippen molar-refractivity contribution in [2.75, 3.05) is 6.61 Å². The van der Waals surface area contributed by atoms with E-state index in [9.17, 15) is 9.65 Å². The number of benzene rings is 2. The third kappa shape index (κ3) is 4.47. The molecule has 0 bridgehead atoms. The summed E-state index contributed by atoms with van der Waals surface area (Å²) in [5, 5.41) is 9.88. The molecule has 2 rings (SSSR count). The van der Waals surface area contributed by atoms with Crippen LogP contribution in [0.2, 0.25) is 5.02 Å². The molecule has 0 radical (unpaired) electrons. The van der Waals surface area contributed by atoms with Crippen LogP contribution in [0.5, 0.6) is 5.75 Å². The number of rotatable bonds is 6. The first-order chi connectivity index (χ1) is 10.2. The third-order valence-corrected chi connectivity index (χ3v) is 3.41. The van der Waals surface area contributed by atoms with Crippen molar-refractivity contribution < 1.29 is 9.13 Å². The molecule has 108 valence electrons. The van der Waals surface area contributed by atoms with Crippen molar-refractivity contribution in [2.45, 2.75) is 18.8 Å². The number of hydrogen-bond acceptors (Lipinski definition) is 2. The van der Waals surface area contributed by atoms with E-state index in [1.165, 1.54) is 6.07 Å². The first-order valence-corrected chi connectivity index (χ1v) is 7.11. The Hall–Kier alpha value is -2.05. The van der Waals surface area contributed by atoms with Crippen LogP contribution in [0.4, 0.5) is 4.39 Å². The summed E-state index contributed by atoms with van der Waals surface area (Å²) in [4.78, 5) is 0. The van der Waals surface area contributed by atoms with Gasteiger partial charge in [0.25, 0.3) is 0 Å². The van der Waals surface area contributed by atoms with Crippen molar-refractivity contribution in [1.29, 1.82) is 5.26 Å². The lowest BCUT2D eigenvalue weighted by atomic mass is 9.96. The molecular formula is C17H15ClFNO. The minimum Gasteiger partial charge on any atom is -0.491 e. The van der Waals surface area contributed by atoms with Crippen LogP contribution in [0, 0.1) is 17.1 Å². The van der Waals surface area contributed by atoms with E-state index in [4.69, 9.17) is 16.3 Å². The van der Waals surface area contributed by atoms with Gasteiger partial charge in [-0.25, -0.2) is 4.39 Å². The SMILES string of the molecule is N#CC(CCCOc1ccccc1F)c1ccc(Cl)cc1. The highest BCUT2D eigenvalue weighted by Crippen LogP contribution is 2.23.